The third kappa shape index (κ3) is 4.41. The highest BCUT2D eigenvalue weighted by atomic mass is 31.2. The number of hydrogen-bond donors (Lipinski definition) is 0. The second-order valence-electron chi connectivity index (χ2n) is 13.5. The van der Waals surface area contributed by atoms with Crippen LogP contribution in [-0.2, 0) is 9.98 Å². The molecule has 0 unspecified atom stereocenters. The first-order valence-corrected chi connectivity index (χ1v) is 19.4. The minimum atomic E-state index is -3.37. The van der Waals surface area contributed by atoms with Crippen LogP contribution < -0.4 is 16.1 Å². The SMILES string of the molecule is O=P(c1ccccc1)(c1ccccc1)c1ccc(C2(c3ccc4cc5ccccc5c(-c5ccccc5)c4c3)c3ccccc3-c3ccccc32)o1. The summed E-state index contributed by atoms with van der Waals surface area (Å²) in [6.07, 6.45) is 0. The number of fused-ring (bicyclic) bond motifs is 5. The van der Waals surface area contributed by atoms with Crippen molar-refractivity contribution < 1.29 is 8.98 Å². The summed E-state index contributed by atoms with van der Waals surface area (Å²) in [5, 5.41) is 6.26. The van der Waals surface area contributed by atoms with E-state index in [1.54, 1.807) is 0 Å². The zero-order valence-electron chi connectivity index (χ0n) is 28.3. The summed E-state index contributed by atoms with van der Waals surface area (Å²) < 4.78 is 22.7. The monoisotopic (exact) mass is 684 g/mol. The molecule has 246 valence electrons. The van der Waals surface area contributed by atoms with Crippen molar-refractivity contribution in [3.8, 4) is 22.3 Å². The largest absolute Gasteiger partial charge is 0.456 e. The zero-order chi connectivity index (χ0) is 34.7. The molecule has 1 aliphatic rings. The van der Waals surface area contributed by atoms with Crippen molar-refractivity contribution in [3.63, 3.8) is 0 Å². The first-order valence-electron chi connectivity index (χ1n) is 17.7. The summed E-state index contributed by atoms with van der Waals surface area (Å²) in [5.41, 5.74) is 7.79. The molecule has 0 spiro atoms. The van der Waals surface area contributed by atoms with Gasteiger partial charge in [0.05, 0.1) is 0 Å². The van der Waals surface area contributed by atoms with Gasteiger partial charge in [0, 0.05) is 10.6 Å². The lowest BCUT2D eigenvalue weighted by molar-refractivity contribution is 0.484. The lowest BCUT2D eigenvalue weighted by Gasteiger charge is -2.31. The van der Waals surface area contributed by atoms with Crippen LogP contribution in [0.25, 0.3) is 43.8 Å². The van der Waals surface area contributed by atoms with Crippen molar-refractivity contribution in [2.75, 3.05) is 0 Å². The van der Waals surface area contributed by atoms with Crippen LogP contribution in [0, 0.1) is 0 Å². The van der Waals surface area contributed by atoms with E-state index >= 15 is 4.57 Å². The maximum absolute atomic E-state index is 15.6. The summed E-state index contributed by atoms with van der Waals surface area (Å²) >= 11 is 0. The highest BCUT2D eigenvalue weighted by Gasteiger charge is 2.49. The average molecular weight is 685 g/mol. The van der Waals surface area contributed by atoms with Crippen molar-refractivity contribution in [3.05, 3.63) is 223 Å². The first-order chi connectivity index (χ1) is 25.7. The second kappa shape index (κ2) is 11.9. The van der Waals surface area contributed by atoms with Crippen LogP contribution in [0.15, 0.2) is 205 Å². The molecule has 0 aliphatic heterocycles. The fourth-order valence-corrected chi connectivity index (χ4v) is 11.0. The van der Waals surface area contributed by atoms with Crippen molar-refractivity contribution in [2.24, 2.45) is 0 Å². The summed E-state index contributed by atoms with van der Waals surface area (Å²) in [6.45, 7) is 0. The Morgan fingerprint density at radius 2 is 0.981 bits per heavy atom. The van der Waals surface area contributed by atoms with Gasteiger partial charge in [0.15, 0.2) is 5.50 Å². The minimum Gasteiger partial charge on any atom is -0.456 e. The van der Waals surface area contributed by atoms with Crippen LogP contribution in [0.4, 0.5) is 0 Å². The lowest BCUT2D eigenvalue weighted by atomic mass is 9.70. The fourth-order valence-electron chi connectivity index (χ4n) is 8.54. The maximum Gasteiger partial charge on any atom is 0.204 e. The van der Waals surface area contributed by atoms with Crippen molar-refractivity contribution in [1.82, 2.24) is 0 Å². The summed E-state index contributed by atoms with van der Waals surface area (Å²) in [6, 6.07) is 69.4. The van der Waals surface area contributed by atoms with Crippen LogP contribution in [0.3, 0.4) is 0 Å². The van der Waals surface area contributed by atoms with Gasteiger partial charge in [0.25, 0.3) is 0 Å². The van der Waals surface area contributed by atoms with Gasteiger partial charge in [-0.05, 0) is 84.8 Å². The molecule has 0 fully saturated rings. The van der Waals surface area contributed by atoms with E-state index in [0.717, 1.165) is 33.1 Å². The first kappa shape index (κ1) is 30.6. The quantitative estimate of drug-likeness (QED) is 0.129. The lowest BCUT2D eigenvalue weighted by Crippen LogP contribution is -2.29. The van der Waals surface area contributed by atoms with E-state index in [1.807, 2.05) is 66.7 Å². The van der Waals surface area contributed by atoms with E-state index < -0.39 is 12.6 Å². The third-order valence-corrected chi connectivity index (χ3v) is 13.7. The van der Waals surface area contributed by atoms with E-state index in [1.165, 1.54) is 43.8 Å². The Morgan fingerprint density at radius 3 is 1.63 bits per heavy atom. The molecule has 0 amide bonds. The van der Waals surface area contributed by atoms with Gasteiger partial charge in [-0.25, -0.2) is 0 Å². The van der Waals surface area contributed by atoms with Gasteiger partial charge in [-0.1, -0.05) is 176 Å². The molecule has 2 nitrogen and oxygen atoms in total. The van der Waals surface area contributed by atoms with Gasteiger partial charge in [0.1, 0.15) is 11.2 Å². The Hall–Kier alpha value is -6.21. The normalized spacial score (nSPS) is 13.2. The number of furan rings is 1. The molecule has 3 heteroatoms. The van der Waals surface area contributed by atoms with Crippen molar-refractivity contribution >= 4 is 44.8 Å². The van der Waals surface area contributed by atoms with E-state index in [2.05, 4.69) is 133 Å². The van der Waals surface area contributed by atoms with Crippen LogP contribution in [0.1, 0.15) is 22.5 Å². The number of benzene rings is 8. The van der Waals surface area contributed by atoms with Gasteiger partial charge in [-0.3, -0.25) is 0 Å². The Labute approximate surface area is 303 Å². The Kier molecular flexibility index (Phi) is 7.03. The third-order valence-electron chi connectivity index (χ3n) is 10.8. The number of hydrogen-bond acceptors (Lipinski definition) is 2. The van der Waals surface area contributed by atoms with Gasteiger partial charge in [-0.15, -0.1) is 0 Å². The van der Waals surface area contributed by atoms with E-state index in [0.29, 0.717) is 5.50 Å². The molecule has 0 bridgehead atoms. The molecule has 0 N–H and O–H groups in total. The van der Waals surface area contributed by atoms with Gasteiger partial charge in [-0.2, -0.15) is 0 Å². The van der Waals surface area contributed by atoms with Crippen LogP contribution >= 0.6 is 7.14 Å². The molecule has 10 rings (SSSR count). The molecule has 0 saturated heterocycles. The van der Waals surface area contributed by atoms with Crippen molar-refractivity contribution in [2.45, 2.75) is 5.41 Å². The molecular formula is C49H33O2P. The van der Waals surface area contributed by atoms with Gasteiger partial charge in [0.2, 0.25) is 7.14 Å². The van der Waals surface area contributed by atoms with Gasteiger partial charge < -0.3 is 8.98 Å². The van der Waals surface area contributed by atoms with Crippen LogP contribution in [0.2, 0.25) is 0 Å². The molecule has 9 aromatic rings. The van der Waals surface area contributed by atoms with E-state index in [9.17, 15) is 0 Å². The molecule has 0 radical (unpaired) electrons. The summed E-state index contributed by atoms with van der Waals surface area (Å²) in [7, 11) is -3.37. The Balaban J connectivity index is 1.30. The summed E-state index contributed by atoms with van der Waals surface area (Å²) in [5.74, 6) is 0.744. The molecular weight excluding hydrogens is 652 g/mol. The molecule has 52 heavy (non-hydrogen) atoms. The molecule has 1 aliphatic carbocycles. The molecule has 8 aromatic carbocycles. The average Bonchev–Trinajstić information content (AvgIpc) is 3.83. The van der Waals surface area contributed by atoms with E-state index in [-0.39, 0.29) is 0 Å². The topological polar surface area (TPSA) is 30.2 Å². The predicted molar refractivity (Wildman–Crippen MR) is 216 cm³/mol. The van der Waals surface area contributed by atoms with Crippen molar-refractivity contribution in [1.29, 1.82) is 0 Å². The van der Waals surface area contributed by atoms with Crippen LogP contribution in [-0.4, -0.2) is 0 Å². The number of rotatable bonds is 6. The molecule has 0 saturated carbocycles. The smallest absolute Gasteiger partial charge is 0.204 e. The highest BCUT2D eigenvalue weighted by Crippen LogP contribution is 2.57. The minimum absolute atomic E-state index is 0.470. The fraction of sp³-hybridized carbons (Fsp3) is 0.0204. The van der Waals surface area contributed by atoms with E-state index in [4.69, 9.17) is 4.42 Å². The molecule has 1 heterocycles. The highest BCUT2D eigenvalue weighted by molar-refractivity contribution is 7.85. The Bertz CT molecular complexity index is 2730. The molecule has 0 atom stereocenters. The zero-order valence-corrected chi connectivity index (χ0v) is 29.2. The van der Waals surface area contributed by atoms with Gasteiger partial charge >= 0.3 is 0 Å². The predicted octanol–water partition coefficient (Wildman–Crippen LogP) is 11.3. The summed E-state index contributed by atoms with van der Waals surface area (Å²) in [4.78, 5) is 0. The van der Waals surface area contributed by atoms with Crippen LogP contribution in [0.5, 0.6) is 0 Å². The maximum atomic E-state index is 15.6. The Morgan fingerprint density at radius 1 is 0.442 bits per heavy atom. The standard InChI is InChI=1S/C49H33O2P/c50-52(38-19-6-2-7-20-38,39-21-8-3-9-22-39)47-31-30-46(51-47)49(44-26-14-12-24-41(44)42-25-13-15-27-45(42)49)37-29-28-36-32-35-18-10-11-23-40(35)48(43(36)33-37)34-16-4-1-5-17-34/h1-33H. The second-order valence-corrected chi connectivity index (χ2v) is 16.2. The molecule has 1 aromatic heterocycles.